The first-order chi connectivity index (χ1) is 15.2. The van der Waals surface area contributed by atoms with Crippen LogP contribution in [-0.4, -0.2) is 19.7 Å². The maximum atomic E-state index is 13.8. The number of nitrogens with zero attached hydrogens (tertiary/aromatic N) is 5. The summed E-state index contributed by atoms with van der Waals surface area (Å²) in [4.78, 5) is 8.25. The van der Waals surface area contributed by atoms with Crippen molar-refractivity contribution in [1.29, 1.82) is 5.26 Å². The number of hydrogen-bond acceptors (Lipinski definition) is 5. The van der Waals surface area contributed by atoms with E-state index < -0.39 is 17.3 Å². The number of alkyl halides is 3. The second-order valence-corrected chi connectivity index (χ2v) is 7.80. The smallest absolute Gasteiger partial charge is 0.337 e. The van der Waals surface area contributed by atoms with E-state index >= 15 is 0 Å². The molecule has 0 amide bonds. The average molecular weight is 480 g/mol. The average Bonchev–Trinajstić information content (AvgIpc) is 3.34. The Kier molecular flexibility index (Phi) is 5.84. The van der Waals surface area contributed by atoms with Gasteiger partial charge in [-0.2, -0.15) is 23.4 Å². The van der Waals surface area contributed by atoms with Crippen molar-refractivity contribution >= 4 is 34.1 Å². The summed E-state index contributed by atoms with van der Waals surface area (Å²) < 4.78 is 48.2. The van der Waals surface area contributed by atoms with Crippen LogP contribution in [0.2, 0.25) is 10.2 Å². The Morgan fingerprint density at radius 2 is 2.00 bits per heavy atom. The Morgan fingerprint density at radius 3 is 2.69 bits per heavy atom. The summed E-state index contributed by atoms with van der Waals surface area (Å²) in [6.45, 7) is 1.99. The Morgan fingerprint density at radius 1 is 1.22 bits per heavy atom. The summed E-state index contributed by atoms with van der Waals surface area (Å²) >= 11 is 12.0. The number of hydrogen-bond donors (Lipinski definition) is 0. The molecule has 0 bridgehead atoms. The minimum absolute atomic E-state index is 0.0363. The van der Waals surface area contributed by atoms with E-state index in [0.717, 1.165) is 0 Å². The van der Waals surface area contributed by atoms with Gasteiger partial charge in [-0.05, 0) is 30.7 Å². The number of halogens is 5. The third-order valence-electron chi connectivity index (χ3n) is 4.88. The molecular formula is C21H14Cl2F3N5O. The Hall–Kier alpha value is -3.09. The van der Waals surface area contributed by atoms with Gasteiger partial charge in [-0.1, -0.05) is 41.7 Å². The molecule has 0 radical (unpaired) electrons. The molecule has 4 aromatic rings. The number of nitriles is 1. The van der Waals surface area contributed by atoms with E-state index in [4.69, 9.17) is 27.7 Å². The molecule has 11 heteroatoms. The number of pyridine rings is 1. The predicted molar refractivity (Wildman–Crippen MR) is 112 cm³/mol. The largest absolute Gasteiger partial charge is 0.418 e. The van der Waals surface area contributed by atoms with Crippen LogP contribution >= 0.6 is 23.2 Å². The number of fused-ring (bicyclic) bond motifs is 1. The minimum atomic E-state index is -4.67. The summed E-state index contributed by atoms with van der Waals surface area (Å²) in [5.41, 5.74) is -0.0260. The SMILES string of the molecule is CCCc1cc2c(C(F)(F)F)c(C#N)ccc2n1Cc1noc(-c2cc(Cl)cnc2Cl)n1. The van der Waals surface area contributed by atoms with E-state index in [9.17, 15) is 18.4 Å². The van der Waals surface area contributed by atoms with Crippen molar-refractivity contribution in [3.05, 3.63) is 63.3 Å². The zero-order valence-corrected chi connectivity index (χ0v) is 18.1. The van der Waals surface area contributed by atoms with Crippen molar-refractivity contribution in [1.82, 2.24) is 19.7 Å². The molecule has 0 N–H and O–H groups in total. The fourth-order valence-corrected chi connectivity index (χ4v) is 3.92. The van der Waals surface area contributed by atoms with Crippen molar-refractivity contribution in [3.8, 4) is 17.5 Å². The fraction of sp³-hybridized carbons (Fsp3) is 0.238. The first kappa shape index (κ1) is 22.1. The van der Waals surface area contributed by atoms with Crippen molar-refractivity contribution in [2.45, 2.75) is 32.5 Å². The lowest BCUT2D eigenvalue weighted by atomic mass is 10.0. The molecule has 6 nitrogen and oxygen atoms in total. The van der Waals surface area contributed by atoms with Crippen molar-refractivity contribution in [2.75, 3.05) is 0 Å². The number of rotatable bonds is 5. The van der Waals surface area contributed by atoms with Crippen LogP contribution in [0.25, 0.3) is 22.4 Å². The molecule has 0 aliphatic rings. The molecule has 0 atom stereocenters. The molecular weight excluding hydrogens is 466 g/mol. The van der Waals surface area contributed by atoms with Gasteiger partial charge >= 0.3 is 6.18 Å². The first-order valence-corrected chi connectivity index (χ1v) is 10.2. The normalized spacial score (nSPS) is 11.8. The van der Waals surface area contributed by atoms with Gasteiger partial charge in [0.2, 0.25) is 0 Å². The van der Waals surface area contributed by atoms with Gasteiger partial charge in [-0.25, -0.2) is 4.98 Å². The highest BCUT2D eigenvalue weighted by Crippen LogP contribution is 2.39. The van der Waals surface area contributed by atoms with Gasteiger partial charge in [0.1, 0.15) is 5.15 Å². The highest BCUT2D eigenvalue weighted by molar-refractivity contribution is 6.34. The summed E-state index contributed by atoms with van der Waals surface area (Å²) in [7, 11) is 0. The van der Waals surface area contributed by atoms with Crippen LogP contribution in [0.4, 0.5) is 13.2 Å². The van der Waals surface area contributed by atoms with Gasteiger partial charge in [-0.3, -0.25) is 0 Å². The molecule has 0 spiro atoms. The number of aromatic nitrogens is 4. The molecule has 0 fully saturated rings. The second kappa shape index (κ2) is 8.45. The number of benzene rings is 1. The maximum Gasteiger partial charge on any atom is 0.418 e. The van der Waals surface area contributed by atoms with E-state index in [1.54, 1.807) is 10.6 Å². The third kappa shape index (κ3) is 4.04. The fourth-order valence-electron chi connectivity index (χ4n) is 3.58. The van der Waals surface area contributed by atoms with Crippen LogP contribution in [0, 0.1) is 11.3 Å². The zero-order valence-electron chi connectivity index (χ0n) is 16.5. The predicted octanol–water partition coefficient (Wildman–Crippen LogP) is 6.28. The van der Waals surface area contributed by atoms with Crippen LogP contribution in [0.1, 0.15) is 36.0 Å². The molecule has 3 aromatic heterocycles. The Labute approximate surface area is 190 Å². The molecule has 0 aliphatic carbocycles. The molecule has 32 heavy (non-hydrogen) atoms. The molecule has 164 valence electrons. The zero-order chi connectivity index (χ0) is 23.0. The second-order valence-electron chi connectivity index (χ2n) is 7.01. The van der Waals surface area contributed by atoms with Crippen LogP contribution in [-0.2, 0) is 19.1 Å². The van der Waals surface area contributed by atoms with Crippen molar-refractivity contribution < 1.29 is 17.7 Å². The summed E-state index contributed by atoms with van der Waals surface area (Å²) in [5, 5.41) is 13.6. The van der Waals surface area contributed by atoms with E-state index in [1.807, 2.05) is 6.92 Å². The van der Waals surface area contributed by atoms with Crippen LogP contribution in [0.5, 0.6) is 0 Å². The van der Waals surface area contributed by atoms with Gasteiger partial charge in [0.05, 0.1) is 34.3 Å². The molecule has 0 saturated carbocycles. The standard InChI is InChI=1S/C21H14Cl2F3N5O/c1-2-3-13-7-14-16(5-4-11(8-27)18(14)21(24,25)26)31(13)10-17-29-20(32-30-17)15-6-12(22)9-28-19(15)23/h4-7,9H,2-3,10H2,1H3. The van der Waals surface area contributed by atoms with E-state index in [-0.39, 0.29) is 28.8 Å². The molecule has 3 heterocycles. The van der Waals surface area contributed by atoms with Gasteiger partial charge in [-0.15, -0.1) is 0 Å². The lowest BCUT2D eigenvalue weighted by Gasteiger charge is -2.11. The Bertz CT molecular complexity index is 1350. The molecule has 0 unspecified atom stereocenters. The van der Waals surface area contributed by atoms with Crippen LogP contribution in [0.3, 0.4) is 0 Å². The molecule has 4 rings (SSSR count). The molecule has 1 aromatic carbocycles. The monoisotopic (exact) mass is 479 g/mol. The third-order valence-corrected chi connectivity index (χ3v) is 5.39. The van der Waals surface area contributed by atoms with Gasteiger partial charge in [0.25, 0.3) is 5.89 Å². The summed E-state index contributed by atoms with van der Waals surface area (Å²) in [6.07, 6.45) is -2.05. The quantitative estimate of drug-likeness (QED) is 0.314. The van der Waals surface area contributed by atoms with Crippen molar-refractivity contribution in [3.63, 3.8) is 0 Å². The van der Waals surface area contributed by atoms with Gasteiger partial charge in [0, 0.05) is 22.8 Å². The van der Waals surface area contributed by atoms with Gasteiger partial charge < -0.3 is 9.09 Å². The highest BCUT2D eigenvalue weighted by atomic mass is 35.5. The van der Waals surface area contributed by atoms with E-state index in [1.165, 1.54) is 30.5 Å². The summed E-state index contributed by atoms with van der Waals surface area (Å²) in [5.74, 6) is 0.333. The first-order valence-electron chi connectivity index (χ1n) is 9.49. The van der Waals surface area contributed by atoms with Crippen LogP contribution < -0.4 is 0 Å². The van der Waals surface area contributed by atoms with Crippen LogP contribution in [0.15, 0.2) is 35.0 Å². The lowest BCUT2D eigenvalue weighted by Crippen LogP contribution is -2.09. The summed E-state index contributed by atoms with van der Waals surface area (Å²) in [6, 6.07) is 7.32. The number of aryl methyl sites for hydroxylation is 1. The molecule has 0 saturated heterocycles. The molecule has 0 aliphatic heterocycles. The van der Waals surface area contributed by atoms with Gasteiger partial charge in [0.15, 0.2) is 5.82 Å². The van der Waals surface area contributed by atoms with E-state index in [2.05, 4.69) is 15.1 Å². The topological polar surface area (TPSA) is 80.5 Å². The van der Waals surface area contributed by atoms with Crippen molar-refractivity contribution in [2.24, 2.45) is 0 Å². The van der Waals surface area contributed by atoms with E-state index in [0.29, 0.717) is 34.6 Å². The Balaban J connectivity index is 1.82. The maximum absolute atomic E-state index is 13.8. The minimum Gasteiger partial charge on any atom is -0.337 e. The highest BCUT2D eigenvalue weighted by Gasteiger charge is 2.36. The lowest BCUT2D eigenvalue weighted by molar-refractivity contribution is -0.136.